The lowest BCUT2D eigenvalue weighted by Crippen LogP contribution is -2.48. The summed E-state index contributed by atoms with van der Waals surface area (Å²) in [6, 6.07) is 9.16. The van der Waals surface area contributed by atoms with E-state index in [-0.39, 0.29) is 47.5 Å². The highest BCUT2D eigenvalue weighted by molar-refractivity contribution is 6.02. The molecule has 0 bridgehead atoms. The van der Waals surface area contributed by atoms with Crippen LogP contribution < -0.4 is 40.8 Å². The van der Waals surface area contributed by atoms with Crippen LogP contribution in [0.3, 0.4) is 0 Å². The average molecular weight is 862 g/mol. The number of nitrogens with one attached hydrogen (secondary N) is 4. The van der Waals surface area contributed by atoms with Crippen LogP contribution >= 0.6 is 0 Å². The molecular formula is C43H54F3N11O5. The van der Waals surface area contributed by atoms with E-state index in [2.05, 4.69) is 36.2 Å². The van der Waals surface area contributed by atoms with Crippen LogP contribution in [0.2, 0.25) is 0 Å². The van der Waals surface area contributed by atoms with Crippen LogP contribution in [0.15, 0.2) is 42.6 Å². The number of amides is 4. The maximum atomic E-state index is 15.2. The van der Waals surface area contributed by atoms with Crippen LogP contribution in [0.4, 0.5) is 47.7 Å². The number of methoxy groups -OCH3 is 1. The third-order valence-corrected chi connectivity index (χ3v) is 12.8. The second-order valence-electron chi connectivity index (χ2n) is 16.9. The maximum Gasteiger partial charge on any atom is 0.342 e. The Morgan fingerprint density at radius 2 is 1.71 bits per heavy atom. The Kier molecular flexibility index (Phi) is 12.7. The summed E-state index contributed by atoms with van der Waals surface area (Å²) in [7, 11) is 2.80. The summed E-state index contributed by atoms with van der Waals surface area (Å²) in [6.07, 6.45) is 8.21. The molecule has 0 radical (unpaired) electrons. The number of piperazine rings is 1. The summed E-state index contributed by atoms with van der Waals surface area (Å²) in [5, 5.41) is 10.4. The van der Waals surface area contributed by atoms with Crippen molar-refractivity contribution in [3.05, 3.63) is 54.0 Å². The van der Waals surface area contributed by atoms with Crippen molar-refractivity contribution in [1.29, 1.82) is 0 Å². The number of nitrogens with zero attached hydrogens (tertiary/aromatic N) is 7. The zero-order valence-electron chi connectivity index (χ0n) is 35.1. The van der Waals surface area contributed by atoms with Gasteiger partial charge in [-0.05, 0) is 87.4 Å². The Hall–Kier alpha value is -5.69. The van der Waals surface area contributed by atoms with E-state index in [0.717, 1.165) is 82.6 Å². The molecule has 1 aromatic heterocycles. The molecule has 0 spiro atoms. The van der Waals surface area contributed by atoms with E-state index >= 15 is 13.2 Å². The SMILES string of the molecule is COc1cc(C(=O)NN2CCC(CCN3CCN(c4ccc(NC5CCC(=O)NC5=O)cc4F)CC3)CC2)ccc1Nc1ncc2c(n1)N(C1CCCC1)CC(F)(F)C(=O)N2C. The number of piperidine rings is 2. The Labute approximate surface area is 358 Å². The second-order valence-corrected chi connectivity index (χ2v) is 16.9. The van der Waals surface area contributed by atoms with Crippen molar-refractivity contribution < 1.29 is 37.1 Å². The number of benzene rings is 2. The summed E-state index contributed by atoms with van der Waals surface area (Å²) in [5.74, 6) is -4.90. The molecule has 4 N–H and O–H groups in total. The fourth-order valence-corrected chi connectivity index (χ4v) is 9.16. The van der Waals surface area contributed by atoms with Gasteiger partial charge in [0.25, 0.3) is 11.8 Å². The smallest absolute Gasteiger partial charge is 0.342 e. The Bertz CT molecular complexity index is 2160. The van der Waals surface area contributed by atoms with Gasteiger partial charge in [0.05, 0.1) is 31.2 Å². The summed E-state index contributed by atoms with van der Waals surface area (Å²) >= 11 is 0. The monoisotopic (exact) mass is 861 g/mol. The molecule has 4 amide bonds. The fraction of sp³-hybridized carbons (Fsp3) is 0.535. The predicted molar refractivity (Wildman–Crippen MR) is 227 cm³/mol. The summed E-state index contributed by atoms with van der Waals surface area (Å²) < 4.78 is 50.9. The van der Waals surface area contributed by atoms with Gasteiger partial charge in [-0.1, -0.05) is 12.8 Å². The lowest BCUT2D eigenvalue weighted by atomic mass is 9.94. The summed E-state index contributed by atoms with van der Waals surface area (Å²) in [5.41, 5.74) is 5.16. The molecule has 4 fully saturated rings. The molecule has 1 unspecified atom stereocenters. The molecule has 1 saturated carbocycles. The van der Waals surface area contributed by atoms with E-state index in [1.54, 1.807) is 35.2 Å². The quantitative estimate of drug-likeness (QED) is 0.188. The minimum Gasteiger partial charge on any atom is -0.495 e. The number of hydrogen-bond acceptors (Lipinski definition) is 13. The number of ether oxygens (including phenoxy) is 1. The molecule has 62 heavy (non-hydrogen) atoms. The fourth-order valence-electron chi connectivity index (χ4n) is 9.16. The van der Waals surface area contributed by atoms with Gasteiger partial charge in [0, 0.05) is 70.0 Å². The lowest BCUT2D eigenvalue weighted by molar-refractivity contribution is -0.140. The largest absolute Gasteiger partial charge is 0.495 e. The molecule has 3 saturated heterocycles. The topological polar surface area (TPSA) is 168 Å². The van der Waals surface area contributed by atoms with Crippen molar-refractivity contribution in [1.82, 2.24) is 30.6 Å². The first-order valence-corrected chi connectivity index (χ1v) is 21.5. The second kappa shape index (κ2) is 18.3. The molecule has 19 heteroatoms. The van der Waals surface area contributed by atoms with Gasteiger partial charge >= 0.3 is 5.92 Å². The standard InChI is InChI=1S/C43H54F3N11O5/c1-53-35-25-47-42(51-38(35)57(30-5-3-4-6-30)26-43(45,46)41(53)61)49-32-9-7-28(23-36(32)62-2)39(59)52-56-17-14-27(15-18-56)13-16-54-19-21-55(22-20-54)34-11-8-29(24-31(34)44)48-33-10-12-37(58)50-40(33)60/h7-9,11,23-25,27,30,33,48H,3-6,10,12-22,26H2,1-2H3,(H,52,59)(H,47,49,51)(H,50,58,60). The molecule has 1 atom stereocenters. The van der Waals surface area contributed by atoms with E-state index in [9.17, 15) is 19.2 Å². The van der Waals surface area contributed by atoms with Crippen molar-refractivity contribution in [2.45, 2.75) is 75.8 Å². The van der Waals surface area contributed by atoms with Crippen molar-refractivity contribution in [3.63, 3.8) is 0 Å². The first kappa shape index (κ1) is 43.0. The normalized spacial score (nSPS) is 21.7. The van der Waals surface area contributed by atoms with Crippen LogP contribution in [-0.4, -0.2) is 128 Å². The van der Waals surface area contributed by atoms with Gasteiger partial charge in [-0.15, -0.1) is 0 Å². The van der Waals surface area contributed by atoms with E-state index in [4.69, 9.17) is 4.74 Å². The van der Waals surface area contributed by atoms with Gasteiger partial charge in [-0.2, -0.15) is 13.8 Å². The molecular weight excluding hydrogens is 808 g/mol. The number of carbonyl (C=O) groups excluding carboxylic acids is 4. The number of carbonyl (C=O) groups is 4. The van der Waals surface area contributed by atoms with Crippen LogP contribution in [0.5, 0.6) is 5.75 Å². The van der Waals surface area contributed by atoms with Gasteiger partial charge in [-0.25, -0.2) is 14.4 Å². The molecule has 5 heterocycles. The molecule has 4 aliphatic heterocycles. The third-order valence-electron chi connectivity index (χ3n) is 12.8. The Morgan fingerprint density at radius 3 is 2.42 bits per heavy atom. The van der Waals surface area contributed by atoms with E-state index in [1.807, 2.05) is 9.91 Å². The highest BCUT2D eigenvalue weighted by Gasteiger charge is 2.49. The van der Waals surface area contributed by atoms with Crippen molar-refractivity contribution in [2.75, 3.05) is 91.8 Å². The van der Waals surface area contributed by atoms with Gasteiger partial charge < -0.3 is 30.1 Å². The minimum absolute atomic E-state index is 0.138. The first-order valence-electron chi connectivity index (χ1n) is 21.5. The number of imide groups is 1. The van der Waals surface area contributed by atoms with Crippen molar-refractivity contribution in [2.24, 2.45) is 5.92 Å². The number of aromatic nitrogens is 2. The van der Waals surface area contributed by atoms with E-state index in [1.165, 1.54) is 26.4 Å². The molecule has 2 aromatic carbocycles. The minimum atomic E-state index is -3.58. The van der Waals surface area contributed by atoms with Gasteiger partial charge in [-0.3, -0.25) is 34.8 Å². The van der Waals surface area contributed by atoms with E-state index < -0.39 is 30.3 Å². The zero-order valence-corrected chi connectivity index (χ0v) is 35.1. The van der Waals surface area contributed by atoms with Crippen LogP contribution in [0.25, 0.3) is 0 Å². The lowest BCUT2D eigenvalue weighted by Gasteiger charge is -2.38. The highest BCUT2D eigenvalue weighted by Crippen LogP contribution is 2.40. The third kappa shape index (κ3) is 9.52. The van der Waals surface area contributed by atoms with Crippen LogP contribution in [0.1, 0.15) is 68.1 Å². The number of fused-ring (bicyclic) bond motifs is 1. The molecule has 1 aliphatic carbocycles. The number of hydrogen-bond donors (Lipinski definition) is 4. The zero-order chi connectivity index (χ0) is 43.5. The van der Waals surface area contributed by atoms with Crippen LogP contribution in [0, 0.1) is 11.7 Å². The maximum absolute atomic E-state index is 15.2. The number of anilines is 6. The average Bonchev–Trinajstić information content (AvgIpc) is 3.79. The number of rotatable bonds is 12. The number of halogens is 3. The molecule has 332 valence electrons. The van der Waals surface area contributed by atoms with Crippen molar-refractivity contribution in [3.8, 4) is 5.75 Å². The van der Waals surface area contributed by atoms with Crippen LogP contribution in [-0.2, 0) is 14.4 Å². The molecule has 3 aromatic rings. The molecule has 8 rings (SSSR count). The highest BCUT2D eigenvalue weighted by atomic mass is 19.3. The first-order chi connectivity index (χ1) is 29.8. The van der Waals surface area contributed by atoms with E-state index in [0.29, 0.717) is 53.8 Å². The summed E-state index contributed by atoms with van der Waals surface area (Å²) in [4.78, 5) is 65.5. The molecule has 5 aliphatic rings. The Morgan fingerprint density at radius 1 is 0.952 bits per heavy atom. The van der Waals surface area contributed by atoms with Gasteiger partial charge in [0.1, 0.15) is 23.3 Å². The number of hydrazine groups is 1. The Balaban J connectivity index is 0.792. The van der Waals surface area contributed by atoms with Gasteiger partial charge in [0.2, 0.25) is 17.8 Å². The number of alkyl halides is 2. The molecule has 16 nitrogen and oxygen atoms in total. The summed E-state index contributed by atoms with van der Waals surface area (Å²) in [6.45, 7) is 4.68. The van der Waals surface area contributed by atoms with Crippen molar-refractivity contribution >= 4 is 58.1 Å². The predicted octanol–water partition coefficient (Wildman–Crippen LogP) is 4.51. The van der Waals surface area contributed by atoms with Gasteiger partial charge in [0.15, 0.2) is 5.82 Å².